The highest BCUT2D eigenvalue weighted by Gasteiger charge is 2.39. The highest BCUT2D eigenvalue weighted by Crippen LogP contribution is 2.42. The molecule has 288 valence electrons. The first kappa shape index (κ1) is 40.4. The summed E-state index contributed by atoms with van der Waals surface area (Å²) in [6, 6.07) is 27.8. The molecule has 1 atom stereocenters. The number of dihydropyridines is 1. The molecule has 0 aromatic heterocycles. The van der Waals surface area contributed by atoms with Crippen molar-refractivity contribution in [2.24, 2.45) is 0 Å². The molecular weight excluding hydrogens is 682 g/mol. The maximum atomic E-state index is 13.7. The van der Waals surface area contributed by atoms with Crippen molar-refractivity contribution in [3.63, 3.8) is 0 Å². The van der Waals surface area contributed by atoms with Crippen LogP contribution >= 0.6 is 0 Å². The molecule has 1 unspecified atom stereocenters. The lowest BCUT2D eigenvalue weighted by Gasteiger charge is -2.43. The summed E-state index contributed by atoms with van der Waals surface area (Å²) in [5.74, 6) is -2.04. The Bertz CT molecular complexity index is 1720. The summed E-state index contributed by atoms with van der Waals surface area (Å²) in [4.78, 5) is 40.9. The van der Waals surface area contributed by atoms with Gasteiger partial charge >= 0.3 is 11.9 Å². The number of nitro groups is 1. The Morgan fingerprint density at radius 1 is 0.759 bits per heavy atom. The summed E-state index contributed by atoms with van der Waals surface area (Å²) < 4.78 is 17.3. The zero-order valence-corrected chi connectivity index (χ0v) is 32.0. The van der Waals surface area contributed by atoms with Gasteiger partial charge in [-0.05, 0) is 69.3 Å². The van der Waals surface area contributed by atoms with Crippen LogP contribution in [0.15, 0.2) is 107 Å². The molecule has 0 saturated carbocycles. The number of nitrogens with one attached hydrogen (secondary N) is 1. The normalized spacial score (nSPS) is 17.2. The van der Waals surface area contributed by atoms with Gasteiger partial charge in [0, 0.05) is 55.1 Å². The molecular formula is C44H55N3O7. The van der Waals surface area contributed by atoms with Crippen molar-refractivity contribution >= 4 is 17.6 Å². The van der Waals surface area contributed by atoms with Gasteiger partial charge in [0.05, 0.1) is 35.2 Å². The first-order chi connectivity index (χ1) is 26.2. The second-order valence-electron chi connectivity index (χ2n) is 14.3. The van der Waals surface area contributed by atoms with Gasteiger partial charge in [0.25, 0.3) is 5.69 Å². The smallest absolute Gasteiger partial charge is 0.336 e. The molecule has 2 heterocycles. The first-order valence-corrected chi connectivity index (χ1v) is 19.4. The molecule has 0 aliphatic carbocycles. The average Bonchev–Trinajstić information content (AvgIpc) is 3.19. The molecule has 1 saturated heterocycles. The van der Waals surface area contributed by atoms with Crippen molar-refractivity contribution in [1.82, 2.24) is 10.2 Å². The Morgan fingerprint density at radius 3 is 1.91 bits per heavy atom. The van der Waals surface area contributed by atoms with E-state index >= 15 is 0 Å². The van der Waals surface area contributed by atoms with E-state index in [9.17, 15) is 19.7 Å². The molecule has 3 aromatic carbocycles. The van der Waals surface area contributed by atoms with Crippen LogP contribution < -0.4 is 5.32 Å². The monoisotopic (exact) mass is 737 g/mol. The van der Waals surface area contributed by atoms with Gasteiger partial charge in [-0.1, -0.05) is 99.0 Å². The van der Waals surface area contributed by atoms with E-state index in [-0.39, 0.29) is 35.5 Å². The van der Waals surface area contributed by atoms with Crippen LogP contribution in [0.1, 0.15) is 94.7 Å². The van der Waals surface area contributed by atoms with E-state index in [1.165, 1.54) is 23.3 Å². The van der Waals surface area contributed by atoms with Crippen molar-refractivity contribution in [3.8, 4) is 0 Å². The molecule has 10 heteroatoms. The summed E-state index contributed by atoms with van der Waals surface area (Å²) in [5.41, 5.74) is 4.62. The summed E-state index contributed by atoms with van der Waals surface area (Å²) in [7, 11) is 0. The van der Waals surface area contributed by atoms with Crippen molar-refractivity contribution in [1.29, 1.82) is 0 Å². The molecule has 0 radical (unpaired) electrons. The number of piperidine rings is 1. The molecule has 1 fully saturated rings. The lowest BCUT2D eigenvalue weighted by Crippen LogP contribution is -2.43. The molecule has 3 aromatic rings. The van der Waals surface area contributed by atoms with Crippen LogP contribution in [0.2, 0.25) is 0 Å². The lowest BCUT2D eigenvalue weighted by molar-refractivity contribution is -0.384. The number of allylic oxidation sites excluding steroid dienone is 2. The van der Waals surface area contributed by atoms with Crippen LogP contribution in [0.25, 0.3) is 0 Å². The number of hydrogen-bond donors (Lipinski definition) is 1. The summed E-state index contributed by atoms with van der Waals surface area (Å²) in [6.45, 7) is 10.0. The molecule has 0 bridgehead atoms. The van der Waals surface area contributed by atoms with Gasteiger partial charge in [-0.3, -0.25) is 10.1 Å². The van der Waals surface area contributed by atoms with Gasteiger partial charge in [-0.15, -0.1) is 0 Å². The minimum atomic E-state index is -0.890. The third-order valence-corrected chi connectivity index (χ3v) is 10.6. The predicted octanol–water partition coefficient (Wildman–Crippen LogP) is 8.38. The molecule has 10 nitrogen and oxygen atoms in total. The van der Waals surface area contributed by atoms with E-state index in [1.54, 1.807) is 26.0 Å². The topological polar surface area (TPSA) is 120 Å². The highest BCUT2D eigenvalue weighted by molar-refractivity contribution is 6.00. The van der Waals surface area contributed by atoms with Gasteiger partial charge in [-0.25, -0.2) is 9.59 Å². The fraction of sp³-hybridized carbons (Fsp3) is 0.455. The Morgan fingerprint density at radius 2 is 1.33 bits per heavy atom. The van der Waals surface area contributed by atoms with Crippen LogP contribution in [0.3, 0.4) is 0 Å². The maximum Gasteiger partial charge on any atom is 0.336 e. The largest absolute Gasteiger partial charge is 0.462 e. The molecule has 0 spiro atoms. The standard InChI is InChI=1S/C44H55N3O7/c1-4-5-6-13-30-53-42(48)39-33(2)45-34(3)40(41(39)35-17-14-22-38(32-35)47(50)51)43(49)54-31-16-29-52-28-15-25-46-26-23-44(24-27-46,36-18-9-7-10-19-36)37-20-11-8-12-21-37/h7-12,14,17-22,32,41,45H,4-6,13,15-16,23-31H2,1-3H3. The summed E-state index contributed by atoms with van der Waals surface area (Å²) in [5, 5.41) is 14.8. The van der Waals surface area contributed by atoms with Crippen LogP contribution in [0.4, 0.5) is 5.69 Å². The average molecular weight is 738 g/mol. The first-order valence-electron chi connectivity index (χ1n) is 19.4. The Balaban J connectivity index is 1.10. The number of hydrogen-bond acceptors (Lipinski definition) is 9. The number of non-ortho nitro benzene ring substituents is 1. The fourth-order valence-corrected chi connectivity index (χ4v) is 7.77. The van der Waals surface area contributed by atoms with Gasteiger partial charge in [-0.2, -0.15) is 0 Å². The van der Waals surface area contributed by atoms with Gasteiger partial charge in [0.2, 0.25) is 0 Å². The number of likely N-dealkylation sites (tertiary alicyclic amines) is 1. The fourth-order valence-electron chi connectivity index (χ4n) is 7.77. The maximum absolute atomic E-state index is 13.7. The SMILES string of the molecule is CCCCCCOC(=O)C1=C(C)NC(C)=C(C(=O)OCCCOCCCN2CCC(c3ccccc3)(c3ccccc3)CC2)C1c1cccc([N+](=O)[O-])c1. The van der Waals surface area contributed by atoms with Crippen molar-refractivity contribution in [2.75, 3.05) is 46.1 Å². The number of carbonyl (C=O) groups is 2. The third-order valence-electron chi connectivity index (χ3n) is 10.6. The van der Waals surface area contributed by atoms with E-state index < -0.39 is 22.8 Å². The van der Waals surface area contributed by atoms with E-state index in [4.69, 9.17) is 14.2 Å². The van der Waals surface area contributed by atoms with Gasteiger partial charge in [0.1, 0.15) is 0 Å². The minimum absolute atomic E-state index is 0.0299. The van der Waals surface area contributed by atoms with Crippen LogP contribution in [0, 0.1) is 10.1 Å². The quantitative estimate of drug-likeness (QED) is 0.0560. The lowest BCUT2D eigenvalue weighted by atomic mass is 9.68. The Labute approximate surface area is 319 Å². The van der Waals surface area contributed by atoms with E-state index in [1.807, 2.05) is 0 Å². The number of esters is 2. The Kier molecular flexibility index (Phi) is 15.0. The number of carbonyl (C=O) groups excluding carboxylic acids is 2. The minimum Gasteiger partial charge on any atom is -0.462 e. The molecule has 0 amide bonds. The van der Waals surface area contributed by atoms with Crippen LogP contribution in [-0.4, -0.2) is 67.8 Å². The zero-order valence-electron chi connectivity index (χ0n) is 32.0. The number of benzene rings is 3. The van der Waals surface area contributed by atoms with Gasteiger partial charge < -0.3 is 24.4 Å². The summed E-state index contributed by atoms with van der Waals surface area (Å²) in [6.07, 6.45) is 7.33. The zero-order chi connectivity index (χ0) is 38.3. The molecule has 5 rings (SSSR count). The third kappa shape index (κ3) is 10.2. The van der Waals surface area contributed by atoms with E-state index in [0.717, 1.165) is 64.6 Å². The second-order valence-corrected chi connectivity index (χ2v) is 14.3. The molecule has 1 N–H and O–H groups in total. The number of rotatable bonds is 19. The number of ether oxygens (including phenoxy) is 3. The molecule has 2 aliphatic heterocycles. The number of nitrogens with zero attached hydrogens (tertiary/aromatic N) is 2. The van der Waals surface area contributed by atoms with Crippen LogP contribution in [0.5, 0.6) is 0 Å². The molecule has 54 heavy (non-hydrogen) atoms. The van der Waals surface area contributed by atoms with Gasteiger partial charge in [0.15, 0.2) is 0 Å². The van der Waals surface area contributed by atoms with Crippen molar-refractivity contribution in [2.45, 2.75) is 83.5 Å². The summed E-state index contributed by atoms with van der Waals surface area (Å²) >= 11 is 0. The second kappa shape index (κ2) is 20.0. The number of nitro benzene ring substituents is 1. The number of unbranched alkanes of at least 4 members (excludes halogenated alkanes) is 3. The highest BCUT2D eigenvalue weighted by atomic mass is 16.6. The predicted molar refractivity (Wildman–Crippen MR) is 210 cm³/mol. The van der Waals surface area contributed by atoms with Crippen molar-refractivity contribution in [3.05, 3.63) is 134 Å². The van der Waals surface area contributed by atoms with Crippen LogP contribution in [-0.2, 0) is 29.2 Å². The van der Waals surface area contributed by atoms with E-state index in [2.05, 4.69) is 77.8 Å². The van der Waals surface area contributed by atoms with E-state index in [0.29, 0.717) is 36.6 Å². The Hall–Kier alpha value is -4.80. The molecule has 2 aliphatic rings. The van der Waals surface area contributed by atoms with Crippen molar-refractivity contribution < 1.29 is 28.7 Å².